The summed E-state index contributed by atoms with van der Waals surface area (Å²) in [6.07, 6.45) is 4.44. The lowest BCUT2D eigenvalue weighted by Crippen LogP contribution is -2.12. The Morgan fingerprint density at radius 1 is 1.50 bits per heavy atom. The second-order valence-electron chi connectivity index (χ2n) is 3.90. The summed E-state index contributed by atoms with van der Waals surface area (Å²) < 4.78 is 2.76. The van der Waals surface area contributed by atoms with Crippen molar-refractivity contribution in [2.45, 2.75) is 19.9 Å². The molecule has 0 radical (unpaired) electrons. The van der Waals surface area contributed by atoms with Crippen LogP contribution < -0.4 is 0 Å². The molecule has 0 aliphatic rings. The highest BCUT2D eigenvalue weighted by Crippen LogP contribution is 2.20. The van der Waals surface area contributed by atoms with Gasteiger partial charge in [-0.15, -0.1) is 0 Å². The van der Waals surface area contributed by atoms with Crippen LogP contribution in [0.3, 0.4) is 0 Å². The summed E-state index contributed by atoms with van der Waals surface area (Å²) in [7, 11) is 0. The first-order chi connectivity index (χ1) is 8.63. The van der Waals surface area contributed by atoms with Crippen LogP contribution in [0.1, 0.15) is 29.5 Å². The molecule has 0 aliphatic heterocycles. The van der Waals surface area contributed by atoms with Crippen molar-refractivity contribution in [3.8, 4) is 0 Å². The van der Waals surface area contributed by atoms with Crippen LogP contribution in [0.25, 0.3) is 0 Å². The zero-order chi connectivity index (χ0) is 13.1. The molecule has 18 heavy (non-hydrogen) atoms. The lowest BCUT2D eigenvalue weighted by atomic mass is 10.1. The fraction of sp³-hybridized carbons (Fsp3) is 0.231. The molecule has 0 bridgehead atoms. The standard InChI is InChI=1S/C13H12ClIN2O/c1-2-6-17-7-5-16-13(17)12(18)10-8-9(14)3-4-11(10)15/h3-5,7-8H,2,6H2,1H3. The number of hydrogen-bond donors (Lipinski definition) is 0. The average molecular weight is 375 g/mol. The Bertz CT molecular complexity index is 580. The number of ketones is 1. The maximum absolute atomic E-state index is 12.4. The second-order valence-corrected chi connectivity index (χ2v) is 5.50. The van der Waals surface area contributed by atoms with E-state index < -0.39 is 0 Å². The van der Waals surface area contributed by atoms with Crippen LogP contribution >= 0.6 is 34.2 Å². The van der Waals surface area contributed by atoms with E-state index in [4.69, 9.17) is 11.6 Å². The van der Waals surface area contributed by atoms with Crippen LogP contribution in [0, 0.1) is 3.57 Å². The molecule has 2 aromatic rings. The summed E-state index contributed by atoms with van der Waals surface area (Å²) in [6.45, 7) is 2.86. The van der Waals surface area contributed by atoms with E-state index in [1.165, 1.54) is 0 Å². The summed E-state index contributed by atoms with van der Waals surface area (Å²) in [5.74, 6) is 0.386. The van der Waals surface area contributed by atoms with Gasteiger partial charge < -0.3 is 4.57 Å². The predicted octanol–water partition coefficient (Wildman–Crippen LogP) is 3.78. The Hall–Kier alpha value is -0.880. The van der Waals surface area contributed by atoms with Gasteiger partial charge in [-0.3, -0.25) is 4.79 Å². The Kier molecular flexibility index (Phi) is 4.40. The Morgan fingerprint density at radius 2 is 2.28 bits per heavy atom. The molecule has 5 heteroatoms. The van der Waals surface area contributed by atoms with Crippen LogP contribution in [0.15, 0.2) is 30.6 Å². The van der Waals surface area contributed by atoms with E-state index in [9.17, 15) is 4.79 Å². The first-order valence-electron chi connectivity index (χ1n) is 5.64. The van der Waals surface area contributed by atoms with Gasteiger partial charge >= 0.3 is 0 Å². The van der Waals surface area contributed by atoms with Crippen LogP contribution in [-0.2, 0) is 6.54 Å². The number of halogens is 2. The molecule has 2 rings (SSSR count). The highest BCUT2D eigenvalue weighted by molar-refractivity contribution is 14.1. The highest BCUT2D eigenvalue weighted by atomic mass is 127. The molecule has 0 spiro atoms. The molecule has 0 saturated carbocycles. The quantitative estimate of drug-likeness (QED) is 0.603. The van der Waals surface area contributed by atoms with Gasteiger partial charge in [-0.25, -0.2) is 4.98 Å². The topological polar surface area (TPSA) is 34.9 Å². The number of carbonyl (C=O) groups excluding carboxylic acids is 1. The van der Waals surface area contributed by atoms with Gasteiger partial charge in [0.05, 0.1) is 0 Å². The Morgan fingerprint density at radius 3 is 3.00 bits per heavy atom. The molecular weight excluding hydrogens is 363 g/mol. The predicted molar refractivity (Wildman–Crippen MR) is 80.1 cm³/mol. The van der Waals surface area contributed by atoms with Crippen molar-refractivity contribution in [1.29, 1.82) is 0 Å². The van der Waals surface area contributed by atoms with E-state index in [2.05, 4.69) is 34.5 Å². The SMILES string of the molecule is CCCn1ccnc1C(=O)c1cc(Cl)ccc1I. The molecular formula is C13H12ClIN2O. The van der Waals surface area contributed by atoms with Crippen molar-refractivity contribution in [3.63, 3.8) is 0 Å². The van der Waals surface area contributed by atoms with E-state index >= 15 is 0 Å². The van der Waals surface area contributed by atoms with Crippen molar-refractivity contribution >= 4 is 40.0 Å². The third kappa shape index (κ3) is 2.75. The smallest absolute Gasteiger partial charge is 0.229 e. The third-order valence-electron chi connectivity index (χ3n) is 2.56. The summed E-state index contributed by atoms with van der Waals surface area (Å²) in [5.41, 5.74) is 0.603. The van der Waals surface area contributed by atoms with Gasteiger partial charge in [0.1, 0.15) is 0 Å². The maximum atomic E-state index is 12.4. The number of imidazole rings is 1. The fourth-order valence-electron chi connectivity index (χ4n) is 1.73. The number of aryl methyl sites for hydroxylation is 1. The normalized spacial score (nSPS) is 10.6. The van der Waals surface area contributed by atoms with Crippen molar-refractivity contribution in [1.82, 2.24) is 9.55 Å². The van der Waals surface area contributed by atoms with Crippen LogP contribution in [0.2, 0.25) is 5.02 Å². The molecule has 1 heterocycles. The van der Waals surface area contributed by atoms with Crippen LogP contribution in [-0.4, -0.2) is 15.3 Å². The van der Waals surface area contributed by atoms with Crippen molar-refractivity contribution in [2.75, 3.05) is 0 Å². The minimum Gasteiger partial charge on any atom is -0.328 e. The number of hydrogen-bond acceptors (Lipinski definition) is 2. The van der Waals surface area contributed by atoms with E-state index in [1.54, 1.807) is 18.3 Å². The number of nitrogens with zero attached hydrogens (tertiary/aromatic N) is 2. The monoisotopic (exact) mass is 374 g/mol. The summed E-state index contributed by atoms with van der Waals surface area (Å²) in [6, 6.07) is 5.30. The summed E-state index contributed by atoms with van der Waals surface area (Å²) in [4.78, 5) is 16.6. The van der Waals surface area contributed by atoms with E-state index in [0.717, 1.165) is 16.5 Å². The van der Waals surface area contributed by atoms with Crippen molar-refractivity contribution < 1.29 is 4.79 Å². The maximum Gasteiger partial charge on any atom is 0.229 e. The molecule has 0 aliphatic carbocycles. The van der Waals surface area contributed by atoms with Gasteiger partial charge in [0, 0.05) is 33.1 Å². The molecule has 1 aromatic carbocycles. The van der Waals surface area contributed by atoms with Gasteiger partial charge in [0.2, 0.25) is 5.78 Å². The third-order valence-corrected chi connectivity index (χ3v) is 3.73. The zero-order valence-corrected chi connectivity index (χ0v) is 12.8. The molecule has 0 N–H and O–H groups in total. The van der Waals surface area contributed by atoms with Gasteiger partial charge in [0.25, 0.3) is 0 Å². The second kappa shape index (κ2) is 5.84. The lowest BCUT2D eigenvalue weighted by Gasteiger charge is -2.07. The fourth-order valence-corrected chi connectivity index (χ4v) is 2.48. The first-order valence-corrected chi connectivity index (χ1v) is 7.10. The summed E-state index contributed by atoms with van der Waals surface area (Å²) in [5, 5.41) is 0.562. The number of rotatable bonds is 4. The first kappa shape index (κ1) is 13.5. The van der Waals surface area contributed by atoms with E-state index in [1.807, 2.05) is 16.8 Å². The largest absolute Gasteiger partial charge is 0.328 e. The lowest BCUT2D eigenvalue weighted by molar-refractivity contribution is 0.102. The Balaban J connectivity index is 2.41. The van der Waals surface area contributed by atoms with Crippen LogP contribution in [0.5, 0.6) is 0 Å². The van der Waals surface area contributed by atoms with Gasteiger partial charge in [-0.1, -0.05) is 18.5 Å². The minimum absolute atomic E-state index is 0.0830. The molecule has 94 valence electrons. The number of benzene rings is 1. The van der Waals surface area contributed by atoms with Gasteiger partial charge in [0.15, 0.2) is 5.82 Å². The molecule has 0 fully saturated rings. The zero-order valence-electron chi connectivity index (χ0n) is 9.86. The number of carbonyl (C=O) groups is 1. The number of aromatic nitrogens is 2. The van der Waals surface area contributed by atoms with E-state index in [0.29, 0.717) is 16.4 Å². The molecule has 0 saturated heterocycles. The van der Waals surface area contributed by atoms with Crippen molar-refractivity contribution in [2.24, 2.45) is 0 Å². The van der Waals surface area contributed by atoms with Crippen LogP contribution in [0.4, 0.5) is 0 Å². The molecule has 3 nitrogen and oxygen atoms in total. The molecule has 1 aromatic heterocycles. The minimum atomic E-state index is -0.0830. The summed E-state index contributed by atoms with van der Waals surface area (Å²) >= 11 is 8.07. The molecule has 0 atom stereocenters. The average Bonchev–Trinajstić information content (AvgIpc) is 2.80. The van der Waals surface area contributed by atoms with Crippen molar-refractivity contribution in [3.05, 3.63) is 50.6 Å². The van der Waals surface area contributed by atoms with Gasteiger partial charge in [-0.2, -0.15) is 0 Å². The van der Waals surface area contributed by atoms with Gasteiger partial charge in [-0.05, 0) is 47.2 Å². The Labute approximate surface area is 124 Å². The van der Waals surface area contributed by atoms with E-state index in [-0.39, 0.29) is 5.78 Å². The highest BCUT2D eigenvalue weighted by Gasteiger charge is 2.17. The molecule has 0 amide bonds. The molecule has 0 unspecified atom stereocenters.